The Hall–Kier alpha value is -1.64. The van der Waals surface area contributed by atoms with Gasteiger partial charge in [-0.2, -0.15) is 5.10 Å². The van der Waals surface area contributed by atoms with Crippen LogP contribution in [0.2, 0.25) is 0 Å². The lowest BCUT2D eigenvalue weighted by Gasteiger charge is -2.11. The van der Waals surface area contributed by atoms with Crippen molar-refractivity contribution in [3.8, 4) is 11.3 Å². The summed E-state index contributed by atoms with van der Waals surface area (Å²) in [6, 6.07) is 6.58. The fraction of sp³-hybridized carbons (Fsp3) is 0.500. The third kappa shape index (κ3) is 1.88. The SMILES string of the molecule is CC1(c2cc(-c3cc4n(n3)CCCC4)ccn2)CC1. The molecule has 0 spiro atoms. The first-order valence-electron chi connectivity index (χ1n) is 7.28. The largest absolute Gasteiger partial charge is 0.269 e. The van der Waals surface area contributed by atoms with Crippen LogP contribution >= 0.6 is 0 Å². The minimum absolute atomic E-state index is 0.329. The summed E-state index contributed by atoms with van der Waals surface area (Å²) in [6.07, 6.45) is 8.19. The highest BCUT2D eigenvalue weighted by Crippen LogP contribution is 2.47. The maximum atomic E-state index is 4.75. The topological polar surface area (TPSA) is 30.7 Å². The summed E-state index contributed by atoms with van der Waals surface area (Å²) in [5.41, 5.74) is 5.29. The van der Waals surface area contributed by atoms with Crippen LogP contribution < -0.4 is 0 Å². The second-order valence-electron chi connectivity index (χ2n) is 6.19. The third-order valence-electron chi connectivity index (χ3n) is 4.59. The molecule has 0 radical (unpaired) electrons. The molecule has 3 heteroatoms. The summed E-state index contributed by atoms with van der Waals surface area (Å²) >= 11 is 0. The van der Waals surface area contributed by atoms with E-state index in [1.165, 1.54) is 49.1 Å². The number of hydrogen-bond donors (Lipinski definition) is 0. The van der Waals surface area contributed by atoms with Gasteiger partial charge in [-0.3, -0.25) is 9.67 Å². The molecule has 3 heterocycles. The van der Waals surface area contributed by atoms with Crippen molar-refractivity contribution in [1.82, 2.24) is 14.8 Å². The lowest BCUT2D eigenvalue weighted by Crippen LogP contribution is -2.10. The average molecular weight is 253 g/mol. The molecule has 0 atom stereocenters. The van der Waals surface area contributed by atoms with Crippen LogP contribution in [0.3, 0.4) is 0 Å². The van der Waals surface area contributed by atoms with Gasteiger partial charge in [0, 0.05) is 35.1 Å². The van der Waals surface area contributed by atoms with Crippen molar-refractivity contribution in [1.29, 1.82) is 0 Å². The van der Waals surface area contributed by atoms with Crippen LogP contribution in [-0.4, -0.2) is 14.8 Å². The molecule has 1 fully saturated rings. The van der Waals surface area contributed by atoms with Crippen molar-refractivity contribution in [2.24, 2.45) is 0 Å². The molecule has 2 aromatic rings. The third-order valence-corrected chi connectivity index (χ3v) is 4.59. The van der Waals surface area contributed by atoms with Crippen molar-refractivity contribution in [2.45, 2.75) is 51.0 Å². The van der Waals surface area contributed by atoms with Crippen LogP contribution in [0.5, 0.6) is 0 Å². The van der Waals surface area contributed by atoms with Crippen LogP contribution in [0.15, 0.2) is 24.4 Å². The minimum atomic E-state index is 0.329. The van der Waals surface area contributed by atoms with E-state index >= 15 is 0 Å². The number of fused-ring (bicyclic) bond motifs is 1. The van der Waals surface area contributed by atoms with Gasteiger partial charge >= 0.3 is 0 Å². The summed E-state index contributed by atoms with van der Waals surface area (Å²) in [6.45, 7) is 3.38. The van der Waals surface area contributed by atoms with Crippen LogP contribution in [0, 0.1) is 0 Å². The van der Waals surface area contributed by atoms with Gasteiger partial charge in [0.1, 0.15) is 0 Å². The number of hydrogen-bond acceptors (Lipinski definition) is 2. The van der Waals surface area contributed by atoms with Crippen LogP contribution in [0.4, 0.5) is 0 Å². The molecule has 3 nitrogen and oxygen atoms in total. The fourth-order valence-corrected chi connectivity index (χ4v) is 2.92. The Kier molecular flexibility index (Phi) is 2.32. The molecular formula is C16H19N3. The molecule has 2 aliphatic rings. The number of aryl methyl sites for hydroxylation is 2. The number of aromatic nitrogens is 3. The van der Waals surface area contributed by atoms with Crippen LogP contribution in [-0.2, 0) is 18.4 Å². The lowest BCUT2D eigenvalue weighted by molar-refractivity contribution is 0.487. The van der Waals surface area contributed by atoms with Gasteiger partial charge in [0.05, 0.1) is 5.69 Å². The number of pyridine rings is 1. The standard InChI is InChI=1S/C16H19N3/c1-16(6-7-16)15-10-12(5-8-17-15)14-11-13-4-2-3-9-19(13)18-14/h5,8,10-11H,2-4,6-7,9H2,1H3. The maximum Gasteiger partial charge on any atom is 0.0927 e. The number of nitrogens with zero attached hydrogens (tertiary/aromatic N) is 3. The maximum absolute atomic E-state index is 4.75. The monoisotopic (exact) mass is 253 g/mol. The molecule has 0 bridgehead atoms. The van der Waals surface area contributed by atoms with Crippen molar-refractivity contribution >= 4 is 0 Å². The van der Waals surface area contributed by atoms with Gasteiger partial charge in [0.15, 0.2) is 0 Å². The Morgan fingerprint density at radius 3 is 2.89 bits per heavy atom. The van der Waals surface area contributed by atoms with Gasteiger partial charge in [0.25, 0.3) is 0 Å². The molecule has 0 aromatic carbocycles. The van der Waals surface area contributed by atoms with Crippen molar-refractivity contribution in [3.63, 3.8) is 0 Å². The summed E-state index contributed by atoms with van der Waals surface area (Å²) in [7, 11) is 0. The molecule has 98 valence electrons. The Morgan fingerprint density at radius 1 is 1.21 bits per heavy atom. The van der Waals surface area contributed by atoms with Crippen molar-refractivity contribution < 1.29 is 0 Å². The first kappa shape index (κ1) is 11.2. The van der Waals surface area contributed by atoms with E-state index in [0.717, 1.165) is 12.2 Å². The Morgan fingerprint density at radius 2 is 2.11 bits per heavy atom. The van der Waals surface area contributed by atoms with E-state index in [0.29, 0.717) is 5.41 Å². The van der Waals surface area contributed by atoms with Crippen molar-refractivity contribution in [3.05, 3.63) is 35.8 Å². The molecule has 1 aliphatic heterocycles. The zero-order valence-electron chi connectivity index (χ0n) is 11.4. The Balaban J connectivity index is 1.73. The molecule has 0 unspecified atom stereocenters. The molecule has 0 saturated heterocycles. The van der Waals surface area contributed by atoms with Crippen LogP contribution in [0.25, 0.3) is 11.3 Å². The predicted octanol–water partition coefficient (Wildman–Crippen LogP) is 3.33. The van der Waals surface area contributed by atoms with Gasteiger partial charge in [-0.15, -0.1) is 0 Å². The molecule has 0 N–H and O–H groups in total. The smallest absolute Gasteiger partial charge is 0.0927 e. The molecule has 0 amide bonds. The first-order valence-corrected chi connectivity index (χ1v) is 7.28. The van der Waals surface area contributed by atoms with E-state index < -0.39 is 0 Å². The molecule has 4 rings (SSSR count). The van der Waals surface area contributed by atoms with E-state index in [4.69, 9.17) is 5.10 Å². The first-order chi connectivity index (χ1) is 9.24. The second kappa shape index (κ2) is 3.92. The molecular weight excluding hydrogens is 234 g/mol. The zero-order chi connectivity index (χ0) is 12.9. The number of rotatable bonds is 2. The Labute approximate surface area is 113 Å². The lowest BCUT2D eigenvalue weighted by atomic mass is 10.0. The second-order valence-corrected chi connectivity index (χ2v) is 6.19. The minimum Gasteiger partial charge on any atom is -0.269 e. The zero-order valence-corrected chi connectivity index (χ0v) is 11.4. The van der Waals surface area contributed by atoms with E-state index in [2.05, 4.69) is 34.8 Å². The highest BCUT2D eigenvalue weighted by Gasteiger charge is 2.40. The van der Waals surface area contributed by atoms with Crippen molar-refractivity contribution in [2.75, 3.05) is 0 Å². The van der Waals surface area contributed by atoms with E-state index in [9.17, 15) is 0 Å². The molecule has 1 saturated carbocycles. The van der Waals surface area contributed by atoms with Gasteiger partial charge in [0.2, 0.25) is 0 Å². The normalized spacial score (nSPS) is 20.1. The summed E-state index contributed by atoms with van der Waals surface area (Å²) in [5, 5.41) is 4.75. The van der Waals surface area contributed by atoms with E-state index in [1.54, 1.807) is 0 Å². The van der Waals surface area contributed by atoms with Crippen LogP contribution in [0.1, 0.15) is 44.0 Å². The van der Waals surface area contributed by atoms with E-state index in [-0.39, 0.29) is 0 Å². The summed E-state index contributed by atoms with van der Waals surface area (Å²) < 4.78 is 2.18. The molecule has 1 aliphatic carbocycles. The highest BCUT2D eigenvalue weighted by molar-refractivity contribution is 5.60. The fourth-order valence-electron chi connectivity index (χ4n) is 2.92. The van der Waals surface area contributed by atoms with E-state index in [1.807, 2.05) is 6.20 Å². The highest BCUT2D eigenvalue weighted by atomic mass is 15.3. The van der Waals surface area contributed by atoms with Gasteiger partial charge < -0.3 is 0 Å². The van der Waals surface area contributed by atoms with Gasteiger partial charge in [-0.05, 0) is 50.3 Å². The molecule has 2 aromatic heterocycles. The molecule has 19 heavy (non-hydrogen) atoms. The predicted molar refractivity (Wildman–Crippen MR) is 75.0 cm³/mol. The van der Waals surface area contributed by atoms with Gasteiger partial charge in [-0.1, -0.05) is 6.92 Å². The summed E-state index contributed by atoms with van der Waals surface area (Å²) in [5.74, 6) is 0. The average Bonchev–Trinajstić information content (AvgIpc) is 3.05. The quantitative estimate of drug-likeness (QED) is 0.822. The Bertz CT molecular complexity index is 599. The summed E-state index contributed by atoms with van der Waals surface area (Å²) in [4.78, 5) is 4.55. The van der Waals surface area contributed by atoms with Gasteiger partial charge in [-0.25, -0.2) is 0 Å².